The Balaban J connectivity index is 1.61. The molecule has 2 nitrogen and oxygen atoms in total. The minimum Gasteiger partial charge on any atom is -0.456 e. The van der Waals surface area contributed by atoms with E-state index in [0.717, 1.165) is 35.1 Å². The van der Waals surface area contributed by atoms with E-state index in [1.807, 2.05) is 12.4 Å². The number of pyridine rings is 1. The molecule has 6 aromatic rings. The molecule has 0 atom stereocenters. The zero-order valence-corrected chi connectivity index (χ0v) is 21.1. The summed E-state index contributed by atoms with van der Waals surface area (Å²) in [5, 5.41) is 9.69. The van der Waals surface area contributed by atoms with Crippen molar-refractivity contribution in [3.05, 3.63) is 113 Å². The van der Waals surface area contributed by atoms with Crippen molar-refractivity contribution in [1.82, 2.24) is 4.98 Å². The van der Waals surface area contributed by atoms with Crippen LogP contribution in [0.5, 0.6) is 11.5 Å². The predicted octanol–water partition coefficient (Wildman–Crippen LogP) is 7.97. The highest BCUT2D eigenvalue weighted by atomic mass is 16.5. The van der Waals surface area contributed by atoms with E-state index in [9.17, 15) is 0 Å². The number of rotatable bonds is 3. The molecule has 0 spiro atoms. The Morgan fingerprint density at radius 1 is 0.649 bits per heavy atom. The quantitative estimate of drug-likeness (QED) is 0.241. The summed E-state index contributed by atoms with van der Waals surface area (Å²) in [5.74, 6) is 1.79. The minimum absolute atomic E-state index is 0.876. The van der Waals surface area contributed by atoms with E-state index >= 15 is 0 Å². The standard InChI is InChI=1S/C35H27NO/c1-22-17-23(2)19-25(18-22)37-35-30-14-8-7-13-29(30)34(33-21-36-16-15-31(33)35)32-20-24-9-3-4-10-26(24)27-11-5-6-12-28(27)32/h3-6,9-21H,7-8H2,1-2H3. The number of aryl methyl sites for hydroxylation is 2. The van der Waals surface area contributed by atoms with Gasteiger partial charge >= 0.3 is 0 Å². The summed E-state index contributed by atoms with van der Waals surface area (Å²) in [6.45, 7) is 4.23. The Kier molecular flexibility index (Phi) is 5.07. The zero-order valence-electron chi connectivity index (χ0n) is 21.1. The molecular weight excluding hydrogens is 450 g/mol. The van der Waals surface area contributed by atoms with Crippen molar-refractivity contribution in [2.24, 2.45) is 0 Å². The largest absolute Gasteiger partial charge is 0.456 e. The van der Waals surface area contributed by atoms with Crippen molar-refractivity contribution in [3.8, 4) is 22.6 Å². The van der Waals surface area contributed by atoms with Crippen LogP contribution in [0.15, 0.2) is 91.3 Å². The highest BCUT2D eigenvalue weighted by Crippen LogP contribution is 2.38. The van der Waals surface area contributed by atoms with Gasteiger partial charge in [0.1, 0.15) is 11.5 Å². The van der Waals surface area contributed by atoms with Gasteiger partial charge in [-0.3, -0.25) is 4.98 Å². The van der Waals surface area contributed by atoms with Crippen LogP contribution in [0, 0.1) is 13.8 Å². The second-order valence-corrected chi connectivity index (χ2v) is 10.1. The van der Waals surface area contributed by atoms with Gasteiger partial charge in [-0.25, -0.2) is 0 Å². The van der Waals surface area contributed by atoms with E-state index < -0.39 is 0 Å². The lowest BCUT2D eigenvalue weighted by molar-refractivity contribution is 0.483. The smallest absolute Gasteiger partial charge is 0.142 e. The Morgan fingerprint density at radius 3 is 2.16 bits per heavy atom. The fourth-order valence-electron chi connectivity index (χ4n) is 5.98. The van der Waals surface area contributed by atoms with Crippen molar-refractivity contribution in [2.75, 3.05) is 0 Å². The van der Waals surface area contributed by atoms with E-state index in [2.05, 4.69) is 110 Å². The molecule has 0 saturated heterocycles. The lowest BCUT2D eigenvalue weighted by atomic mass is 9.88. The molecule has 37 heavy (non-hydrogen) atoms. The molecule has 0 radical (unpaired) electrons. The Labute approximate surface area is 216 Å². The Morgan fingerprint density at radius 2 is 1.35 bits per heavy atom. The SMILES string of the molecule is Cc1cc(C)cc(Oc2c3c(c(-c4cc5ccccc5c5ccccc45)c4cnccc24)=CCCC=3)c1. The van der Waals surface area contributed by atoms with Gasteiger partial charge in [0.25, 0.3) is 0 Å². The number of benzene rings is 5. The molecule has 1 aliphatic carbocycles. The van der Waals surface area contributed by atoms with Crippen LogP contribution in [0.2, 0.25) is 0 Å². The minimum atomic E-state index is 0.876. The normalized spacial score (nSPS) is 12.8. The lowest BCUT2D eigenvalue weighted by Crippen LogP contribution is -2.31. The van der Waals surface area contributed by atoms with Gasteiger partial charge < -0.3 is 4.74 Å². The molecule has 1 aromatic heterocycles. The lowest BCUT2D eigenvalue weighted by Gasteiger charge is -2.19. The molecule has 1 heterocycles. The molecule has 0 unspecified atom stereocenters. The van der Waals surface area contributed by atoms with E-state index in [-0.39, 0.29) is 0 Å². The van der Waals surface area contributed by atoms with Crippen LogP contribution >= 0.6 is 0 Å². The summed E-state index contributed by atoms with van der Waals surface area (Å²) in [5.41, 5.74) is 4.88. The zero-order chi connectivity index (χ0) is 24.9. The summed E-state index contributed by atoms with van der Waals surface area (Å²) >= 11 is 0. The summed E-state index contributed by atoms with van der Waals surface area (Å²) < 4.78 is 6.72. The van der Waals surface area contributed by atoms with Gasteiger partial charge in [0.2, 0.25) is 0 Å². The second-order valence-electron chi connectivity index (χ2n) is 10.1. The van der Waals surface area contributed by atoms with Crippen molar-refractivity contribution in [3.63, 3.8) is 0 Å². The summed E-state index contributed by atoms with van der Waals surface area (Å²) in [6.07, 6.45) is 10.6. The molecule has 0 bridgehead atoms. The summed E-state index contributed by atoms with van der Waals surface area (Å²) in [6, 6.07) is 28.3. The molecule has 1 aliphatic rings. The van der Waals surface area contributed by atoms with Gasteiger partial charge in [0.15, 0.2) is 0 Å². The number of hydrogen-bond acceptors (Lipinski definition) is 2. The van der Waals surface area contributed by atoms with Crippen LogP contribution in [0.25, 0.3) is 55.6 Å². The number of nitrogens with zero attached hydrogens (tertiary/aromatic N) is 1. The summed E-state index contributed by atoms with van der Waals surface area (Å²) in [4.78, 5) is 4.59. The number of fused-ring (bicyclic) bond motifs is 5. The first-order valence-electron chi connectivity index (χ1n) is 12.9. The number of hydrogen-bond donors (Lipinski definition) is 0. The molecule has 7 rings (SSSR count). The molecule has 2 heteroatoms. The third-order valence-corrected chi connectivity index (χ3v) is 7.46. The number of aromatic nitrogens is 1. The first-order valence-corrected chi connectivity index (χ1v) is 12.9. The first kappa shape index (κ1) is 21.8. The van der Waals surface area contributed by atoms with Gasteiger partial charge in [0.05, 0.1) is 0 Å². The van der Waals surface area contributed by atoms with Crippen LogP contribution < -0.4 is 15.2 Å². The first-order chi connectivity index (χ1) is 18.2. The van der Waals surface area contributed by atoms with Crippen molar-refractivity contribution >= 4 is 44.5 Å². The maximum absolute atomic E-state index is 6.72. The molecule has 0 amide bonds. The van der Waals surface area contributed by atoms with Crippen LogP contribution in [0.1, 0.15) is 24.0 Å². The van der Waals surface area contributed by atoms with Crippen molar-refractivity contribution in [1.29, 1.82) is 0 Å². The van der Waals surface area contributed by atoms with Crippen LogP contribution in [0.3, 0.4) is 0 Å². The van der Waals surface area contributed by atoms with Crippen LogP contribution in [-0.4, -0.2) is 4.98 Å². The van der Waals surface area contributed by atoms with E-state index in [4.69, 9.17) is 4.74 Å². The highest BCUT2D eigenvalue weighted by molar-refractivity contribution is 6.16. The van der Waals surface area contributed by atoms with Gasteiger partial charge in [0, 0.05) is 28.4 Å². The predicted molar refractivity (Wildman–Crippen MR) is 156 cm³/mol. The van der Waals surface area contributed by atoms with Gasteiger partial charge in [-0.05, 0) is 100.0 Å². The maximum Gasteiger partial charge on any atom is 0.142 e. The van der Waals surface area contributed by atoms with E-state index in [1.165, 1.54) is 54.2 Å². The maximum atomic E-state index is 6.72. The van der Waals surface area contributed by atoms with Crippen molar-refractivity contribution < 1.29 is 4.74 Å². The third kappa shape index (κ3) is 3.60. The fourth-order valence-corrected chi connectivity index (χ4v) is 5.98. The van der Waals surface area contributed by atoms with Gasteiger partial charge in [-0.1, -0.05) is 66.7 Å². The Bertz CT molecular complexity index is 1960. The molecule has 0 saturated carbocycles. The van der Waals surface area contributed by atoms with E-state index in [0.29, 0.717) is 0 Å². The average molecular weight is 478 g/mol. The van der Waals surface area contributed by atoms with Gasteiger partial charge in [-0.2, -0.15) is 0 Å². The molecule has 0 N–H and O–H groups in total. The van der Waals surface area contributed by atoms with E-state index in [1.54, 1.807) is 0 Å². The molecular formula is C35H27NO. The molecule has 5 aromatic carbocycles. The highest BCUT2D eigenvalue weighted by Gasteiger charge is 2.19. The van der Waals surface area contributed by atoms with Crippen molar-refractivity contribution in [2.45, 2.75) is 26.7 Å². The van der Waals surface area contributed by atoms with Crippen LogP contribution in [-0.2, 0) is 0 Å². The van der Waals surface area contributed by atoms with Gasteiger partial charge in [-0.15, -0.1) is 0 Å². The Hall–Kier alpha value is -4.43. The average Bonchev–Trinajstić information content (AvgIpc) is 2.92. The molecule has 0 aliphatic heterocycles. The van der Waals surface area contributed by atoms with Crippen LogP contribution in [0.4, 0.5) is 0 Å². The topological polar surface area (TPSA) is 22.1 Å². The number of ether oxygens (including phenoxy) is 1. The third-order valence-electron chi connectivity index (χ3n) is 7.46. The second kappa shape index (κ2) is 8.60. The monoisotopic (exact) mass is 477 g/mol. The fraction of sp³-hybridized carbons (Fsp3) is 0.114. The molecule has 0 fully saturated rings. The summed E-state index contributed by atoms with van der Waals surface area (Å²) in [7, 11) is 0. The molecule has 178 valence electrons.